The van der Waals surface area contributed by atoms with Gasteiger partial charge in [0, 0.05) is 12.6 Å². The molecule has 1 aliphatic heterocycles. The zero-order valence-corrected chi connectivity index (χ0v) is 13.9. The molecule has 0 radical (unpaired) electrons. The van der Waals surface area contributed by atoms with Gasteiger partial charge >= 0.3 is 0 Å². The van der Waals surface area contributed by atoms with Gasteiger partial charge in [0.25, 0.3) is 0 Å². The highest BCUT2D eigenvalue weighted by atomic mass is 16.6. The van der Waals surface area contributed by atoms with Crippen LogP contribution in [0.3, 0.4) is 0 Å². The standard InChI is InChI=1S/C18H27N3O2/c1-2-19-18(21-14-8-4-3-5-9-14)20-12-15-13-22-16-10-6-7-11-17(16)23-15/h6-7,10-11,14-15H,2-5,8-9,12-13H2,1H3,(H2,19,20,21). The third-order valence-electron chi connectivity index (χ3n) is 4.31. The summed E-state index contributed by atoms with van der Waals surface area (Å²) in [6.07, 6.45) is 6.42. The van der Waals surface area contributed by atoms with E-state index < -0.39 is 0 Å². The van der Waals surface area contributed by atoms with Gasteiger partial charge in [-0.3, -0.25) is 0 Å². The van der Waals surface area contributed by atoms with Crippen LogP contribution in [0.15, 0.2) is 29.3 Å². The number of hydrogen-bond donors (Lipinski definition) is 2. The van der Waals surface area contributed by atoms with Crippen LogP contribution in [0.2, 0.25) is 0 Å². The molecule has 1 fully saturated rings. The Labute approximate surface area is 138 Å². The molecule has 126 valence electrons. The largest absolute Gasteiger partial charge is 0.486 e. The van der Waals surface area contributed by atoms with E-state index >= 15 is 0 Å². The van der Waals surface area contributed by atoms with Crippen molar-refractivity contribution in [3.05, 3.63) is 24.3 Å². The second-order valence-corrected chi connectivity index (χ2v) is 6.20. The Kier molecular flexibility index (Phi) is 5.61. The third-order valence-corrected chi connectivity index (χ3v) is 4.31. The summed E-state index contributed by atoms with van der Waals surface area (Å²) in [5.41, 5.74) is 0. The lowest BCUT2D eigenvalue weighted by Crippen LogP contribution is -2.45. The topological polar surface area (TPSA) is 54.9 Å². The van der Waals surface area contributed by atoms with Gasteiger partial charge in [-0.1, -0.05) is 31.4 Å². The van der Waals surface area contributed by atoms with E-state index in [2.05, 4.69) is 17.6 Å². The molecule has 0 aromatic heterocycles. The molecule has 3 rings (SSSR count). The van der Waals surface area contributed by atoms with Crippen molar-refractivity contribution >= 4 is 5.96 Å². The fourth-order valence-corrected chi connectivity index (χ4v) is 3.11. The predicted octanol–water partition coefficient (Wildman–Crippen LogP) is 2.71. The molecular weight excluding hydrogens is 290 g/mol. The van der Waals surface area contributed by atoms with E-state index in [4.69, 9.17) is 14.5 Å². The van der Waals surface area contributed by atoms with Gasteiger partial charge in [-0.15, -0.1) is 0 Å². The molecule has 5 nitrogen and oxygen atoms in total. The summed E-state index contributed by atoms with van der Waals surface area (Å²) in [5.74, 6) is 2.52. The fraction of sp³-hybridized carbons (Fsp3) is 0.611. The molecule has 1 saturated carbocycles. The summed E-state index contributed by atoms with van der Waals surface area (Å²) in [5, 5.41) is 6.89. The molecule has 1 aromatic carbocycles. The number of hydrogen-bond acceptors (Lipinski definition) is 3. The van der Waals surface area contributed by atoms with Gasteiger partial charge in [0.15, 0.2) is 23.6 Å². The van der Waals surface area contributed by atoms with E-state index in [1.807, 2.05) is 24.3 Å². The van der Waals surface area contributed by atoms with Crippen LogP contribution < -0.4 is 20.1 Å². The zero-order valence-electron chi connectivity index (χ0n) is 13.9. The number of ether oxygens (including phenoxy) is 2. The van der Waals surface area contributed by atoms with Crippen molar-refractivity contribution < 1.29 is 9.47 Å². The molecular formula is C18H27N3O2. The minimum Gasteiger partial charge on any atom is -0.486 e. The first-order valence-electron chi connectivity index (χ1n) is 8.78. The van der Waals surface area contributed by atoms with Gasteiger partial charge in [0.1, 0.15) is 6.61 Å². The van der Waals surface area contributed by atoms with Crippen LogP contribution in [0, 0.1) is 0 Å². The van der Waals surface area contributed by atoms with Gasteiger partial charge in [0.2, 0.25) is 0 Å². The molecule has 1 aromatic rings. The van der Waals surface area contributed by atoms with E-state index in [0.29, 0.717) is 19.2 Å². The van der Waals surface area contributed by atoms with Gasteiger partial charge in [0.05, 0.1) is 6.54 Å². The predicted molar refractivity (Wildman–Crippen MR) is 92.3 cm³/mol. The highest BCUT2D eigenvalue weighted by molar-refractivity contribution is 5.80. The first-order chi connectivity index (χ1) is 11.3. The summed E-state index contributed by atoms with van der Waals surface area (Å²) < 4.78 is 11.7. The van der Waals surface area contributed by atoms with E-state index in [0.717, 1.165) is 24.0 Å². The molecule has 0 spiro atoms. The van der Waals surface area contributed by atoms with Crippen LogP contribution in [0.5, 0.6) is 11.5 Å². The van der Waals surface area contributed by atoms with Gasteiger partial charge in [-0.05, 0) is 31.9 Å². The van der Waals surface area contributed by atoms with Crippen LogP contribution in [0.4, 0.5) is 0 Å². The van der Waals surface area contributed by atoms with Crippen LogP contribution in [-0.2, 0) is 0 Å². The van der Waals surface area contributed by atoms with Crippen molar-refractivity contribution in [2.75, 3.05) is 19.7 Å². The van der Waals surface area contributed by atoms with Crippen molar-refractivity contribution in [2.45, 2.75) is 51.2 Å². The average Bonchev–Trinajstić information content (AvgIpc) is 2.60. The molecule has 0 bridgehead atoms. The highest BCUT2D eigenvalue weighted by Gasteiger charge is 2.21. The SMILES string of the molecule is CCNC(=NCC1COc2ccccc2O1)NC1CCCCC1. The van der Waals surface area contributed by atoms with Crippen LogP contribution in [-0.4, -0.2) is 37.8 Å². The number of aliphatic imine (C=N–C) groups is 1. The number of nitrogens with one attached hydrogen (secondary N) is 2. The van der Waals surface area contributed by atoms with Gasteiger partial charge in [-0.25, -0.2) is 4.99 Å². The molecule has 23 heavy (non-hydrogen) atoms. The number of fused-ring (bicyclic) bond motifs is 1. The number of para-hydroxylation sites is 2. The maximum Gasteiger partial charge on any atom is 0.191 e. The lowest BCUT2D eigenvalue weighted by Gasteiger charge is -2.27. The summed E-state index contributed by atoms with van der Waals surface area (Å²) in [6.45, 7) is 4.09. The summed E-state index contributed by atoms with van der Waals surface area (Å²) in [6, 6.07) is 8.34. The minimum absolute atomic E-state index is 0.0355. The zero-order chi connectivity index (χ0) is 15.9. The molecule has 0 saturated heterocycles. The lowest BCUT2D eigenvalue weighted by molar-refractivity contribution is 0.0971. The van der Waals surface area contributed by atoms with E-state index in [1.54, 1.807) is 0 Å². The second-order valence-electron chi connectivity index (χ2n) is 6.20. The van der Waals surface area contributed by atoms with Crippen molar-refractivity contribution in [1.82, 2.24) is 10.6 Å². The smallest absolute Gasteiger partial charge is 0.191 e. The van der Waals surface area contributed by atoms with E-state index in [-0.39, 0.29) is 6.10 Å². The lowest BCUT2D eigenvalue weighted by atomic mass is 9.96. The molecule has 1 aliphatic carbocycles. The first kappa shape index (κ1) is 16.0. The first-order valence-corrected chi connectivity index (χ1v) is 8.78. The molecule has 2 aliphatic rings. The number of guanidine groups is 1. The van der Waals surface area contributed by atoms with Crippen molar-refractivity contribution in [2.24, 2.45) is 4.99 Å². The summed E-state index contributed by atoms with van der Waals surface area (Å²) >= 11 is 0. The Morgan fingerprint density at radius 2 is 1.96 bits per heavy atom. The number of benzene rings is 1. The van der Waals surface area contributed by atoms with Crippen molar-refractivity contribution in [1.29, 1.82) is 0 Å². The monoisotopic (exact) mass is 317 g/mol. The Morgan fingerprint density at radius 1 is 1.17 bits per heavy atom. The van der Waals surface area contributed by atoms with Gasteiger partial charge in [-0.2, -0.15) is 0 Å². The van der Waals surface area contributed by atoms with Crippen LogP contribution >= 0.6 is 0 Å². The average molecular weight is 317 g/mol. The van der Waals surface area contributed by atoms with Gasteiger partial charge < -0.3 is 20.1 Å². The maximum atomic E-state index is 5.96. The molecule has 1 heterocycles. The minimum atomic E-state index is -0.0355. The van der Waals surface area contributed by atoms with Crippen molar-refractivity contribution in [3.8, 4) is 11.5 Å². The molecule has 1 atom stereocenters. The fourth-order valence-electron chi connectivity index (χ4n) is 3.11. The Bertz CT molecular complexity index is 527. The number of rotatable bonds is 4. The Hall–Kier alpha value is -1.91. The molecule has 2 N–H and O–H groups in total. The maximum absolute atomic E-state index is 5.96. The van der Waals surface area contributed by atoms with E-state index in [9.17, 15) is 0 Å². The molecule has 0 amide bonds. The Balaban J connectivity index is 1.55. The van der Waals surface area contributed by atoms with E-state index in [1.165, 1.54) is 32.1 Å². The quantitative estimate of drug-likeness (QED) is 0.662. The second kappa shape index (κ2) is 8.09. The van der Waals surface area contributed by atoms with Crippen molar-refractivity contribution in [3.63, 3.8) is 0 Å². The van der Waals surface area contributed by atoms with Crippen LogP contribution in [0.1, 0.15) is 39.0 Å². The molecule has 5 heteroatoms. The highest BCUT2D eigenvalue weighted by Crippen LogP contribution is 2.30. The summed E-state index contributed by atoms with van der Waals surface area (Å²) in [4.78, 5) is 4.69. The number of nitrogens with zero attached hydrogens (tertiary/aromatic N) is 1. The Morgan fingerprint density at radius 3 is 2.74 bits per heavy atom. The third kappa shape index (κ3) is 4.53. The normalized spacial score (nSPS) is 21.8. The summed E-state index contributed by atoms with van der Waals surface area (Å²) in [7, 11) is 0. The molecule has 1 unspecified atom stereocenters. The van der Waals surface area contributed by atoms with Crippen LogP contribution in [0.25, 0.3) is 0 Å².